The number of hydrogen-bond acceptors (Lipinski definition) is 7. The molecule has 0 aliphatic heterocycles. The Morgan fingerprint density at radius 3 is 2.68 bits per heavy atom. The van der Waals surface area contributed by atoms with Crippen molar-refractivity contribution in [3.8, 4) is 0 Å². The van der Waals surface area contributed by atoms with Gasteiger partial charge < -0.3 is 14.6 Å². The van der Waals surface area contributed by atoms with Crippen molar-refractivity contribution in [2.45, 2.75) is 64.1 Å². The minimum atomic E-state index is -0.346. The van der Waals surface area contributed by atoms with E-state index in [-0.39, 0.29) is 17.6 Å². The second-order valence-electron chi connectivity index (χ2n) is 8.13. The molecule has 0 spiro atoms. The molecule has 180 valence electrons. The van der Waals surface area contributed by atoms with Crippen LogP contribution in [0.1, 0.15) is 65.3 Å². The summed E-state index contributed by atoms with van der Waals surface area (Å²) in [5, 5.41) is 13.0. The van der Waals surface area contributed by atoms with E-state index in [0.717, 1.165) is 55.2 Å². The van der Waals surface area contributed by atoms with E-state index in [9.17, 15) is 9.59 Å². The van der Waals surface area contributed by atoms with Crippen molar-refractivity contribution < 1.29 is 14.3 Å². The Morgan fingerprint density at radius 2 is 1.91 bits per heavy atom. The summed E-state index contributed by atoms with van der Waals surface area (Å²) in [6.07, 6.45) is 5.81. The predicted molar refractivity (Wildman–Crippen MR) is 136 cm³/mol. The highest BCUT2D eigenvalue weighted by Gasteiger charge is 2.26. The average Bonchev–Trinajstić information content (AvgIpc) is 3.29. The maximum atomic E-state index is 12.9. The highest BCUT2D eigenvalue weighted by atomic mass is 32.2. The first-order valence-electron chi connectivity index (χ1n) is 11.8. The van der Waals surface area contributed by atoms with Gasteiger partial charge in [0.2, 0.25) is 5.91 Å². The van der Waals surface area contributed by atoms with Crippen molar-refractivity contribution in [2.24, 2.45) is 0 Å². The predicted octanol–water partition coefficient (Wildman–Crippen LogP) is 5.13. The van der Waals surface area contributed by atoms with Gasteiger partial charge in [-0.3, -0.25) is 4.79 Å². The van der Waals surface area contributed by atoms with Crippen LogP contribution in [0.25, 0.3) is 0 Å². The van der Waals surface area contributed by atoms with Crippen LogP contribution in [0.15, 0.2) is 35.5 Å². The monoisotopic (exact) mass is 498 g/mol. The van der Waals surface area contributed by atoms with Crippen molar-refractivity contribution in [1.29, 1.82) is 0 Å². The number of ether oxygens (including phenoxy) is 1. The lowest BCUT2D eigenvalue weighted by Crippen LogP contribution is -2.17. The van der Waals surface area contributed by atoms with Crippen molar-refractivity contribution in [1.82, 2.24) is 14.8 Å². The highest BCUT2D eigenvalue weighted by Crippen LogP contribution is 2.38. The summed E-state index contributed by atoms with van der Waals surface area (Å²) in [6.45, 7) is 4.88. The number of hydrogen-bond donors (Lipinski definition) is 1. The van der Waals surface area contributed by atoms with Crippen LogP contribution < -0.4 is 5.32 Å². The molecule has 1 aliphatic carbocycles. The summed E-state index contributed by atoms with van der Waals surface area (Å²) in [5.74, 6) is 0.556. The maximum absolute atomic E-state index is 12.9. The van der Waals surface area contributed by atoms with E-state index < -0.39 is 0 Å². The number of nitrogens with one attached hydrogen (secondary N) is 1. The summed E-state index contributed by atoms with van der Waals surface area (Å²) < 4.78 is 7.36. The maximum Gasteiger partial charge on any atom is 0.341 e. The topological polar surface area (TPSA) is 86.1 Å². The molecule has 7 nitrogen and oxygen atoms in total. The zero-order valence-corrected chi connectivity index (χ0v) is 21.3. The zero-order valence-electron chi connectivity index (χ0n) is 19.6. The van der Waals surface area contributed by atoms with Crippen LogP contribution in [0.4, 0.5) is 5.00 Å². The van der Waals surface area contributed by atoms with Crippen molar-refractivity contribution in [3.05, 3.63) is 57.7 Å². The van der Waals surface area contributed by atoms with Crippen LogP contribution in [0.3, 0.4) is 0 Å². The van der Waals surface area contributed by atoms with Gasteiger partial charge in [0.05, 0.1) is 17.9 Å². The zero-order chi connectivity index (χ0) is 23.9. The minimum absolute atomic E-state index is 0.165. The van der Waals surface area contributed by atoms with E-state index in [4.69, 9.17) is 4.74 Å². The molecule has 34 heavy (non-hydrogen) atoms. The Morgan fingerprint density at radius 1 is 1.12 bits per heavy atom. The third-order valence-electron chi connectivity index (χ3n) is 5.80. The van der Waals surface area contributed by atoms with Gasteiger partial charge in [0.25, 0.3) is 0 Å². The molecule has 0 unspecified atom stereocenters. The Bertz CT molecular complexity index is 1140. The molecule has 3 aromatic rings. The first kappa shape index (κ1) is 24.5. The fourth-order valence-corrected chi connectivity index (χ4v) is 6.31. The second kappa shape index (κ2) is 11.7. The fourth-order valence-electron chi connectivity index (χ4n) is 4.20. The molecule has 1 N–H and O–H groups in total. The van der Waals surface area contributed by atoms with Gasteiger partial charge in [-0.25, -0.2) is 4.79 Å². The quantitative estimate of drug-likeness (QED) is 0.250. The second-order valence-corrected chi connectivity index (χ2v) is 10.2. The summed E-state index contributed by atoms with van der Waals surface area (Å²) in [7, 11) is 0. The summed E-state index contributed by atoms with van der Waals surface area (Å²) in [4.78, 5) is 26.8. The van der Waals surface area contributed by atoms with Gasteiger partial charge in [-0.2, -0.15) is 0 Å². The molecule has 2 heterocycles. The first-order valence-corrected chi connectivity index (χ1v) is 13.6. The number of carbonyl (C=O) groups is 2. The third kappa shape index (κ3) is 5.70. The lowest BCUT2D eigenvalue weighted by Gasteiger charge is -2.09. The van der Waals surface area contributed by atoms with E-state index in [1.54, 1.807) is 6.92 Å². The summed E-state index contributed by atoms with van der Waals surface area (Å²) in [5.41, 5.74) is 2.77. The van der Waals surface area contributed by atoms with Crippen LogP contribution in [0, 0.1) is 0 Å². The molecule has 0 fully saturated rings. The lowest BCUT2D eigenvalue weighted by atomic mass is 10.1. The van der Waals surface area contributed by atoms with Gasteiger partial charge in [-0.15, -0.1) is 21.5 Å². The van der Waals surface area contributed by atoms with Crippen molar-refractivity contribution in [3.63, 3.8) is 0 Å². The molecule has 4 rings (SSSR count). The van der Waals surface area contributed by atoms with Gasteiger partial charge in [0.1, 0.15) is 10.8 Å². The van der Waals surface area contributed by atoms with Crippen LogP contribution in [0.5, 0.6) is 0 Å². The summed E-state index contributed by atoms with van der Waals surface area (Å²) in [6, 6.07) is 10.2. The Hall–Kier alpha value is -2.65. The summed E-state index contributed by atoms with van der Waals surface area (Å²) >= 11 is 2.88. The van der Waals surface area contributed by atoms with Crippen LogP contribution >= 0.6 is 23.1 Å². The smallest absolute Gasteiger partial charge is 0.341 e. The molecule has 1 aliphatic rings. The number of anilines is 1. The fraction of sp³-hybridized carbons (Fsp3) is 0.440. The number of nitrogens with zero attached hydrogens (tertiary/aromatic N) is 3. The molecule has 0 bridgehead atoms. The molecule has 9 heteroatoms. The van der Waals surface area contributed by atoms with Crippen LogP contribution in [0.2, 0.25) is 0 Å². The number of amides is 1. The van der Waals surface area contributed by atoms with Gasteiger partial charge in [0, 0.05) is 17.8 Å². The van der Waals surface area contributed by atoms with E-state index in [0.29, 0.717) is 23.6 Å². The molecular weight excluding hydrogens is 468 g/mol. The number of aromatic nitrogens is 3. The van der Waals surface area contributed by atoms with Gasteiger partial charge in [-0.05, 0) is 50.7 Å². The molecule has 1 amide bonds. The van der Waals surface area contributed by atoms with E-state index in [1.807, 2.05) is 29.7 Å². The molecule has 0 atom stereocenters. The third-order valence-corrected chi connectivity index (χ3v) is 7.97. The molecule has 0 saturated carbocycles. The SMILES string of the molecule is CCOC(=O)c1c(NC(=O)CSc2nnc(Cc3ccccc3)n2CC)sc2c1CCCCC2. The van der Waals surface area contributed by atoms with E-state index >= 15 is 0 Å². The van der Waals surface area contributed by atoms with Crippen LogP contribution in [-0.2, 0) is 35.3 Å². The van der Waals surface area contributed by atoms with Crippen LogP contribution in [-0.4, -0.2) is 39.0 Å². The van der Waals surface area contributed by atoms with Gasteiger partial charge in [0.15, 0.2) is 5.16 Å². The number of fused-ring (bicyclic) bond motifs is 1. The number of aryl methyl sites for hydroxylation is 1. The molecule has 1 aromatic carbocycles. The lowest BCUT2D eigenvalue weighted by molar-refractivity contribution is -0.113. The largest absolute Gasteiger partial charge is 0.462 e. The minimum Gasteiger partial charge on any atom is -0.462 e. The molecule has 0 radical (unpaired) electrons. The number of benzene rings is 1. The van der Waals surface area contributed by atoms with Crippen molar-refractivity contribution >= 4 is 40.0 Å². The molecule has 0 saturated heterocycles. The number of thiophene rings is 1. The standard InChI is InChI=1S/C25H30N4O3S2/c1-3-29-20(15-17-11-7-5-8-12-17)27-28-25(29)33-16-21(30)26-23-22(24(31)32-4-2)18-13-9-6-10-14-19(18)34-23/h5,7-8,11-12H,3-4,6,9-10,13-16H2,1-2H3,(H,26,30). The molecular formula is C25H30N4O3S2. The Balaban J connectivity index is 1.45. The number of thioether (sulfide) groups is 1. The van der Waals surface area contributed by atoms with Gasteiger partial charge in [-0.1, -0.05) is 48.5 Å². The average molecular weight is 499 g/mol. The van der Waals surface area contributed by atoms with Gasteiger partial charge >= 0.3 is 5.97 Å². The van der Waals surface area contributed by atoms with E-state index in [1.165, 1.54) is 33.5 Å². The molecule has 2 aromatic heterocycles. The Labute approximate surface area is 208 Å². The number of esters is 1. The number of carbonyl (C=O) groups excluding carboxylic acids is 2. The first-order chi connectivity index (χ1) is 16.6. The Kier molecular flexibility index (Phi) is 8.39. The normalized spacial score (nSPS) is 13.2. The van der Waals surface area contributed by atoms with Crippen molar-refractivity contribution in [2.75, 3.05) is 17.7 Å². The van der Waals surface area contributed by atoms with E-state index in [2.05, 4.69) is 27.6 Å². The number of rotatable bonds is 9. The highest BCUT2D eigenvalue weighted by molar-refractivity contribution is 7.99.